The van der Waals surface area contributed by atoms with Crippen LogP contribution in [0, 0.1) is 17.8 Å². The van der Waals surface area contributed by atoms with Gasteiger partial charge in [0.1, 0.15) is 0 Å². The molecule has 1 aromatic heterocycles. The zero-order chi connectivity index (χ0) is 20.0. The molecule has 0 unspecified atom stereocenters. The van der Waals surface area contributed by atoms with E-state index in [1.807, 2.05) is 4.90 Å². The van der Waals surface area contributed by atoms with Crippen LogP contribution in [0.25, 0.3) is 0 Å². The van der Waals surface area contributed by atoms with Crippen molar-refractivity contribution >= 4 is 23.3 Å². The van der Waals surface area contributed by atoms with Gasteiger partial charge in [0.15, 0.2) is 5.69 Å². The van der Waals surface area contributed by atoms with Crippen LogP contribution in [0.15, 0.2) is 5.38 Å². The molecule has 0 atom stereocenters. The summed E-state index contributed by atoms with van der Waals surface area (Å²) >= 11 is 1.53. The molecule has 1 aromatic rings. The zero-order valence-electron chi connectivity index (χ0n) is 17.2. The molecule has 4 bridgehead atoms. The van der Waals surface area contributed by atoms with Gasteiger partial charge in [0, 0.05) is 29.9 Å². The fraction of sp³-hybridized carbons (Fsp3) is 0.773. The van der Waals surface area contributed by atoms with E-state index in [0.29, 0.717) is 18.2 Å². The van der Waals surface area contributed by atoms with Crippen LogP contribution in [0.5, 0.6) is 0 Å². The average Bonchev–Trinajstić information content (AvgIpc) is 3.17. The maximum Gasteiger partial charge on any atom is 0.357 e. The fourth-order valence-corrected chi connectivity index (χ4v) is 7.63. The van der Waals surface area contributed by atoms with Crippen LogP contribution >= 0.6 is 11.3 Å². The molecule has 29 heavy (non-hydrogen) atoms. The standard InChI is InChI=1S/C22H31N3O3S/c1-2-28-20(26)18-13-29-19(23-18)17-3-5-25(6-4-17)21(27)24-22-10-14-7-15(11-22)9-16(8-14)12-22/h13-17H,2-12H2,1H3,(H,24,27). The highest BCUT2D eigenvalue weighted by Crippen LogP contribution is 2.55. The molecule has 4 saturated carbocycles. The Hall–Kier alpha value is -1.63. The number of thiazole rings is 1. The summed E-state index contributed by atoms with van der Waals surface area (Å²) in [5, 5.41) is 6.28. The van der Waals surface area contributed by atoms with E-state index in [2.05, 4.69) is 10.3 Å². The van der Waals surface area contributed by atoms with E-state index < -0.39 is 0 Å². The first kappa shape index (κ1) is 19.3. The first-order chi connectivity index (χ1) is 14.0. The van der Waals surface area contributed by atoms with E-state index in [1.165, 1.54) is 49.9 Å². The van der Waals surface area contributed by atoms with Gasteiger partial charge in [-0.1, -0.05) is 0 Å². The molecule has 1 aliphatic heterocycles. The van der Waals surface area contributed by atoms with Crippen LogP contribution in [0.3, 0.4) is 0 Å². The minimum atomic E-state index is -0.345. The second kappa shape index (κ2) is 7.56. The number of urea groups is 1. The molecule has 4 aliphatic carbocycles. The van der Waals surface area contributed by atoms with E-state index in [-0.39, 0.29) is 17.5 Å². The molecule has 0 spiro atoms. The number of ether oxygens (including phenoxy) is 1. The van der Waals surface area contributed by atoms with E-state index in [0.717, 1.165) is 48.7 Å². The van der Waals surface area contributed by atoms with Crippen molar-refractivity contribution in [3.63, 3.8) is 0 Å². The van der Waals surface area contributed by atoms with Crippen LogP contribution < -0.4 is 5.32 Å². The predicted octanol–water partition coefficient (Wildman–Crippen LogP) is 4.18. The Kier molecular flexibility index (Phi) is 5.04. The maximum absolute atomic E-state index is 13.0. The smallest absolute Gasteiger partial charge is 0.357 e. The van der Waals surface area contributed by atoms with E-state index in [4.69, 9.17) is 4.74 Å². The van der Waals surface area contributed by atoms with Crippen LogP contribution in [-0.4, -0.2) is 47.1 Å². The van der Waals surface area contributed by atoms with Crippen LogP contribution in [-0.2, 0) is 4.74 Å². The Balaban J connectivity index is 1.16. The van der Waals surface area contributed by atoms with Gasteiger partial charge in [0.05, 0.1) is 11.6 Å². The molecule has 5 fully saturated rings. The van der Waals surface area contributed by atoms with Crippen molar-refractivity contribution < 1.29 is 14.3 Å². The number of rotatable bonds is 4. The molecule has 2 heterocycles. The Morgan fingerprint density at radius 1 is 1.17 bits per heavy atom. The van der Waals surface area contributed by atoms with Crippen LogP contribution in [0.4, 0.5) is 4.79 Å². The third-order valence-corrected chi connectivity index (χ3v) is 8.56. The Bertz CT molecular complexity index is 749. The number of esters is 1. The van der Waals surface area contributed by atoms with Gasteiger partial charge < -0.3 is 15.0 Å². The zero-order valence-corrected chi connectivity index (χ0v) is 18.0. The number of hydrogen-bond donors (Lipinski definition) is 1. The average molecular weight is 418 g/mol. The second-order valence-electron chi connectivity index (χ2n) is 9.68. The fourth-order valence-electron chi connectivity index (χ4n) is 6.67. The Labute approximate surface area is 176 Å². The number of nitrogens with zero attached hydrogens (tertiary/aromatic N) is 2. The molecule has 6 rings (SSSR count). The molecule has 158 valence electrons. The van der Waals surface area contributed by atoms with E-state index >= 15 is 0 Å². The number of hydrogen-bond acceptors (Lipinski definition) is 5. The number of amides is 2. The van der Waals surface area contributed by atoms with Gasteiger partial charge in [-0.25, -0.2) is 14.6 Å². The third kappa shape index (κ3) is 3.78. The second-order valence-corrected chi connectivity index (χ2v) is 10.6. The highest BCUT2D eigenvalue weighted by atomic mass is 32.1. The Morgan fingerprint density at radius 3 is 2.38 bits per heavy atom. The van der Waals surface area contributed by atoms with Gasteiger partial charge in [-0.2, -0.15) is 0 Å². The molecule has 2 amide bonds. The van der Waals surface area contributed by atoms with Gasteiger partial charge >= 0.3 is 12.0 Å². The molecular formula is C22H31N3O3S. The molecule has 1 saturated heterocycles. The SMILES string of the molecule is CCOC(=O)c1csc(C2CCN(C(=O)NC34CC5CC(CC(C5)C3)C4)CC2)n1. The first-order valence-corrected chi connectivity index (χ1v) is 12.1. The first-order valence-electron chi connectivity index (χ1n) is 11.2. The van der Waals surface area contributed by atoms with Gasteiger partial charge in [-0.3, -0.25) is 0 Å². The molecule has 1 N–H and O–H groups in total. The normalized spacial score (nSPS) is 33.7. The predicted molar refractivity (Wildman–Crippen MR) is 111 cm³/mol. The quantitative estimate of drug-likeness (QED) is 0.746. The lowest BCUT2D eigenvalue weighted by molar-refractivity contribution is -0.0160. The summed E-state index contributed by atoms with van der Waals surface area (Å²) in [7, 11) is 0. The number of piperidine rings is 1. The molecule has 0 aromatic carbocycles. The van der Waals surface area contributed by atoms with Gasteiger partial charge in [-0.05, 0) is 76.0 Å². The van der Waals surface area contributed by atoms with Gasteiger partial charge in [-0.15, -0.1) is 11.3 Å². The molecule has 0 radical (unpaired) electrons. The summed E-state index contributed by atoms with van der Waals surface area (Å²) < 4.78 is 5.04. The highest BCUT2D eigenvalue weighted by Gasteiger charge is 2.51. The summed E-state index contributed by atoms with van der Waals surface area (Å²) in [6, 6.07) is 0.136. The van der Waals surface area contributed by atoms with Crippen molar-refractivity contribution in [1.82, 2.24) is 15.2 Å². The Morgan fingerprint density at radius 2 is 1.79 bits per heavy atom. The van der Waals surface area contributed by atoms with E-state index in [1.54, 1.807) is 12.3 Å². The number of carbonyl (C=O) groups is 2. The van der Waals surface area contributed by atoms with Crippen LogP contribution in [0.1, 0.15) is 79.7 Å². The van der Waals surface area contributed by atoms with E-state index in [9.17, 15) is 9.59 Å². The molecule has 7 heteroatoms. The molecule has 5 aliphatic rings. The third-order valence-electron chi connectivity index (χ3n) is 7.55. The molecular weight excluding hydrogens is 386 g/mol. The van der Waals surface area contributed by atoms with Crippen LogP contribution in [0.2, 0.25) is 0 Å². The van der Waals surface area contributed by atoms with Crippen molar-refractivity contribution in [3.05, 3.63) is 16.1 Å². The number of likely N-dealkylation sites (tertiary alicyclic amines) is 1. The highest BCUT2D eigenvalue weighted by molar-refractivity contribution is 7.09. The monoisotopic (exact) mass is 417 g/mol. The van der Waals surface area contributed by atoms with Crippen molar-refractivity contribution in [1.29, 1.82) is 0 Å². The lowest BCUT2D eigenvalue weighted by atomic mass is 9.53. The van der Waals surface area contributed by atoms with Gasteiger partial charge in [0.25, 0.3) is 0 Å². The summed E-state index contributed by atoms with van der Waals surface area (Å²) in [5.41, 5.74) is 0.487. The number of aromatic nitrogens is 1. The van der Waals surface area contributed by atoms with Crippen molar-refractivity contribution in [3.8, 4) is 0 Å². The number of carbonyl (C=O) groups excluding carboxylic acids is 2. The summed E-state index contributed by atoms with van der Waals surface area (Å²) in [4.78, 5) is 31.4. The largest absolute Gasteiger partial charge is 0.461 e. The summed E-state index contributed by atoms with van der Waals surface area (Å²) in [6.45, 7) is 3.69. The van der Waals surface area contributed by atoms with Crippen molar-refractivity contribution in [2.24, 2.45) is 17.8 Å². The molecule has 6 nitrogen and oxygen atoms in total. The lowest BCUT2D eigenvalue weighted by Crippen LogP contribution is -2.62. The van der Waals surface area contributed by atoms with Gasteiger partial charge in [0.2, 0.25) is 0 Å². The number of nitrogens with one attached hydrogen (secondary N) is 1. The topological polar surface area (TPSA) is 71.5 Å². The van der Waals surface area contributed by atoms with Crippen molar-refractivity contribution in [2.45, 2.75) is 69.7 Å². The minimum Gasteiger partial charge on any atom is -0.461 e. The maximum atomic E-state index is 13.0. The lowest BCUT2D eigenvalue weighted by Gasteiger charge is -2.57. The minimum absolute atomic E-state index is 0.0759. The summed E-state index contributed by atoms with van der Waals surface area (Å²) in [6.07, 6.45) is 9.56. The summed E-state index contributed by atoms with van der Waals surface area (Å²) in [5.74, 6) is 2.50. The van der Waals surface area contributed by atoms with Crippen molar-refractivity contribution in [2.75, 3.05) is 19.7 Å².